The summed E-state index contributed by atoms with van der Waals surface area (Å²) in [6.07, 6.45) is 0.153. The summed E-state index contributed by atoms with van der Waals surface area (Å²) >= 11 is 1.42. The Labute approximate surface area is 146 Å². The van der Waals surface area contributed by atoms with Gasteiger partial charge in [-0.2, -0.15) is 0 Å². The lowest BCUT2D eigenvalue weighted by Gasteiger charge is -2.45. The van der Waals surface area contributed by atoms with Crippen LogP contribution >= 0.6 is 11.8 Å². The highest BCUT2D eigenvalue weighted by atomic mass is 32.2. The van der Waals surface area contributed by atoms with E-state index >= 15 is 0 Å². The number of nitrogens with two attached hydrogens (primary N) is 1. The highest BCUT2D eigenvalue weighted by Crippen LogP contribution is 2.49. The van der Waals surface area contributed by atoms with E-state index in [0.717, 1.165) is 6.07 Å². The average Bonchev–Trinajstić information content (AvgIpc) is 3.00. The van der Waals surface area contributed by atoms with Gasteiger partial charge in [0.15, 0.2) is 5.17 Å². The molecule has 9 heteroatoms. The number of nitrogens with zero attached hydrogens (tertiary/aromatic N) is 3. The quantitative estimate of drug-likeness (QED) is 0.879. The van der Waals surface area contributed by atoms with Gasteiger partial charge in [-0.15, -0.1) is 10.2 Å². The third-order valence-electron chi connectivity index (χ3n) is 4.64. The molecule has 2 N–H and O–H groups in total. The summed E-state index contributed by atoms with van der Waals surface area (Å²) < 4.78 is 39.2. The number of aromatic nitrogens is 2. The molecule has 25 heavy (non-hydrogen) atoms. The lowest BCUT2D eigenvalue weighted by atomic mass is 9.75. The first-order valence-corrected chi connectivity index (χ1v) is 8.82. The van der Waals surface area contributed by atoms with Crippen molar-refractivity contribution >= 4 is 16.9 Å². The third kappa shape index (κ3) is 2.81. The van der Waals surface area contributed by atoms with Gasteiger partial charge in [-0.1, -0.05) is 17.8 Å². The molecule has 1 aromatic heterocycles. The minimum absolute atomic E-state index is 0.0595. The number of benzene rings is 1. The monoisotopic (exact) mass is 366 g/mol. The van der Waals surface area contributed by atoms with E-state index < -0.39 is 17.2 Å². The Bertz CT molecular complexity index is 843. The number of hydrogen-bond donors (Lipinski definition) is 1. The fraction of sp³-hybridized carbons (Fsp3) is 0.438. The Morgan fingerprint density at radius 2 is 2.16 bits per heavy atom. The van der Waals surface area contributed by atoms with Gasteiger partial charge in [0.25, 0.3) is 0 Å². The second-order valence-corrected chi connectivity index (χ2v) is 7.24. The van der Waals surface area contributed by atoms with Crippen LogP contribution in [0.25, 0.3) is 0 Å². The number of fused-ring (bicyclic) bond motifs is 1. The fourth-order valence-electron chi connectivity index (χ4n) is 3.42. The minimum Gasteiger partial charge on any atom is -0.423 e. The summed E-state index contributed by atoms with van der Waals surface area (Å²) in [5.41, 5.74) is 5.23. The van der Waals surface area contributed by atoms with E-state index in [2.05, 4.69) is 15.2 Å². The Morgan fingerprint density at radius 1 is 1.32 bits per heavy atom. The zero-order valence-electron chi connectivity index (χ0n) is 13.4. The Balaban J connectivity index is 1.73. The van der Waals surface area contributed by atoms with Crippen molar-refractivity contribution in [3.8, 4) is 0 Å². The summed E-state index contributed by atoms with van der Waals surface area (Å²) in [5.74, 6) is 0.171. The van der Waals surface area contributed by atoms with Crippen molar-refractivity contribution in [1.82, 2.24) is 10.2 Å². The molecule has 0 radical (unpaired) electrons. The Hall–Kier alpha value is -2.00. The van der Waals surface area contributed by atoms with Crippen LogP contribution in [0.3, 0.4) is 0 Å². The van der Waals surface area contributed by atoms with E-state index in [-0.39, 0.29) is 18.6 Å². The number of thioether (sulfide) groups is 1. The lowest BCUT2D eigenvalue weighted by molar-refractivity contribution is -0.0700. The molecule has 2 aliphatic rings. The summed E-state index contributed by atoms with van der Waals surface area (Å²) in [5, 5.41) is 8.21. The summed E-state index contributed by atoms with van der Waals surface area (Å²) in [6, 6.07) is 3.51. The van der Waals surface area contributed by atoms with Gasteiger partial charge in [0.05, 0.1) is 6.61 Å². The standard InChI is InChI=1S/C16H16F2N4O2S/c1-8-21-22-14(24-8)13-4-9-6-25-15(19)20-16(9,7-23-13)11-3-2-10(17)5-12(11)18/h2-3,5,9,13H,4,6-7H2,1H3,(H2,19,20)/t9?,13-,16+/m1/s1. The fourth-order valence-corrected chi connectivity index (χ4v) is 4.43. The molecule has 1 unspecified atom stereocenters. The molecule has 0 saturated carbocycles. The molecule has 6 nitrogen and oxygen atoms in total. The van der Waals surface area contributed by atoms with Crippen molar-refractivity contribution in [3.63, 3.8) is 0 Å². The van der Waals surface area contributed by atoms with Crippen LogP contribution in [0.1, 0.15) is 29.9 Å². The van der Waals surface area contributed by atoms with Crippen LogP contribution in [0.2, 0.25) is 0 Å². The van der Waals surface area contributed by atoms with E-state index in [1.807, 2.05) is 0 Å². The molecular weight excluding hydrogens is 350 g/mol. The molecule has 0 aliphatic carbocycles. The van der Waals surface area contributed by atoms with Crippen LogP contribution in [-0.4, -0.2) is 27.7 Å². The molecule has 2 aromatic rings. The number of rotatable bonds is 2. The SMILES string of the molecule is Cc1nnc([C@H]2CC3CSC(N)=N[C@@]3(c3ccc(F)cc3F)CO2)o1. The lowest BCUT2D eigenvalue weighted by Crippen LogP contribution is -2.48. The molecule has 0 spiro atoms. The van der Waals surface area contributed by atoms with Gasteiger partial charge < -0.3 is 14.9 Å². The van der Waals surface area contributed by atoms with Crippen LogP contribution in [-0.2, 0) is 10.3 Å². The number of aryl methyl sites for hydroxylation is 1. The molecule has 2 aliphatic heterocycles. The Kier molecular flexibility index (Phi) is 3.99. The maximum atomic E-state index is 14.5. The van der Waals surface area contributed by atoms with Gasteiger partial charge in [-0.3, -0.25) is 0 Å². The van der Waals surface area contributed by atoms with E-state index in [1.165, 1.54) is 23.9 Å². The molecule has 132 valence electrons. The van der Waals surface area contributed by atoms with E-state index in [4.69, 9.17) is 14.9 Å². The molecule has 0 bridgehead atoms. The second kappa shape index (κ2) is 6.06. The molecule has 3 heterocycles. The number of amidine groups is 1. The molecule has 1 saturated heterocycles. The molecular formula is C16H16F2N4O2S. The summed E-state index contributed by atoms with van der Waals surface area (Å²) in [4.78, 5) is 4.53. The smallest absolute Gasteiger partial charge is 0.245 e. The van der Waals surface area contributed by atoms with Gasteiger partial charge >= 0.3 is 0 Å². The first-order chi connectivity index (χ1) is 12.0. The number of hydrogen-bond acceptors (Lipinski definition) is 7. The normalized spacial score (nSPS) is 29.2. The van der Waals surface area contributed by atoms with Gasteiger partial charge in [0, 0.05) is 30.2 Å². The molecule has 1 aromatic carbocycles. The molecule has 0 amide bonds. The molecule has 4 rings (SSSR count). The zero-order chi connectivity index (χ0) is 17.6. The van der Waals surface area contributed by atoms with Crippen LogP contribution < -0.4 is 5.73 Å². The Morgan fingerprint density at radius 3 is 2.88 bits per heavy atom. The van der Waals surface area contributed by atoms with Crippen LogP contribution in [0.15, 0.2) is 27.6 Å². The number of aliphatic imine (C=N–C) groups is 1. The molecule has 3 atom stereocenters. The van der Waals surface area contributed by atoms with Gasteiger partial charge in [-0.25, -0.2) is 13.8 Å². The van der Waals surface area contributed by atoms with Crippen LogP contribution in [0.5, 0.6) is 0 Å². The molecule has 1 fully saturated rings. The average molecular weight is 366 g/mol. The predicted octanol–water partition coefficient (Wildman–Crippen LogP) is 2.69. The van der Waals surface area contributed by atoms with E-state index in [0.29, 0.717) is 34.7 Å². The van der Waals surface area contributed by atoms with Crippen molar-refractivity contribution in [2.24, 2.45) is 16.6 Å². The van der Waals surface area contributed by atoms with Crippen molar-refractivity contribution in [3.05, 3.63) is 47.2 Å². The van der Waals surface area contributed by atoms with Gasteiger partial charge in [0.2, 0.25) is 11.8 Å². The van der Waals surface area contributed by atoms with Crippen molar-refractivity contribution in [2.75, 3.05) is 12.4 Å². The minimum atomic E-state index is -0.974. The van der Waals surface area contributed by atoms with E-state index in [9.17, 15) is 8.78 Å². The topological polar surface area (TPSA) is 86.5 Å². The first-order valence-electron chi connectivity index (χ1n) is 7.83. The maximum absolute atomic E-state index is 14.5. The largest absolute Gasteiger partial charge is 0.423 e. The second-order valence-electron chi connectivity index (χ2n) is 6.20. The van der Waals surface area contributed by atoms with Crippen LogP contribution in [0, 0.1) is 24.5 Å². The highest BCUT2D eigenvalue weighted by Gasteiger charge is 2.50. The van der Waals surface area contributed by atoms with Gasteiger partial charge in [0.1, 0.15) is 23.3 Å². The summed E-state index contributed by atoms with van der Waals surface area (Å²) in [7, 11) is 0. The van der Waals surface area contributed by atoms with E-state index in [1.54, 1.807) is 6.92 Å². The number of ether oxygens (including phenoxy) is 1. The van der Waals surface area contributed by atoms with Gasteiger partial charge in [-0.05, 0) is 12.5 Å². The van der Waals surface area contributed by atoms with Crippen molar-refractivity contribution < 1.29 is 17.9 Å². The zero-order valence-corrected chi connectivity index (χ0v) is 14.2. The van der Waals surface area contributed by atoms with Crippen molar-refractivity contribution in [1.29, 1.82) is 0 Å². The van der Waals surface area contributed by atoms with Crippen molar-refractivity contribution in [2.45, 2.75) is 25.0 Å². The number of halogens is 2. The predicted molar refractivity (Wildman–Crippen MR) is 88.0 cm³/mol. The first kappa shape index (κ1) is 16.5. The highest BCUT2D eigenvalue weighted by molar-refractivity contribution is 8.13. The maximum Gasteiger partial charge on any atom is 0.245 e. The van der Waals surface area contributed by atoms with Crippen LogP contribution in [0.4, 0.5) is 8.78 Å². The summed E-state index contributed by atoms with van der Waals surface area (Å²) in [6.45, 7) is 1.81. The third-order valence-corrected chi connectivity index (χ3v) is 5.59.